The van der Waals surface area contributed by atoms with Crippen LogP contribution in [0.2, 0.25) is 0 Å². The first-order valence-corrected chi connectivity index (χ1v) is 13.6. The molecule has 11 nitrogen and oxygen atoms in total. The van der Waals surface area contributed by atoms with E-state index in [1.165, 1.54) is 12.5 Å². The highest BCUT2D eigenvalue weighted by Crippen LogP contribution is 2.27. The lowest BCUT2D eigenvalue weighted by molar-refractivity contribution is 0.104. The highest BCUT2D eigenvalue weighted by atomic mass is 19.1. The summed E-state index contributed by atoms with van der Waals surface area (Å²) in [6, 6.07) is 18.7. The number of rotatable bonds is 7. The topological polar surface area (TPSA) is 108 Å². The van der Waals surface area contributed by atoms with Crippen LogP contribution in [0.5, 0.6) is 5.75 Å². The van der Waals surface area contributed by atoms with Crippen molar-refractivity contribution in [1.29, 1.82) is 0 Å². The average molecular weight is 570 g/mol. The van der Waals surface area contributed by atoms with E-state index < -0.39 is 17.4 Å². The summed E-state index contributed by atoms with van der Waals surface area (Å²) < 4.78 is 29.0. The van der Waals surface area contributed by atoms with Crippen LogP contribution < -0.4 is 20.0 Å². The molecule has 2 aromatic carbocycles. The molecule has 5 aromatic rings. The first-order valence-electron chi connectivity index (χ1n) is 13.6. The molecule has 12 heteroatoms. The van der Waals surface area contributed by atoms with Crippen molar-refractivity contribution < 1.29 is 18.7 Å². The van der Waals surface area contributed by atoms with E-state index in [1.54, 1.807) is 22.5 Å². The first-order chi connectivity index (χ1) is 20.5. The Labute approximate surface area is 240 Å². The number of halogens is 1. The van der Waals surface area contributed by atoms with Crippen LogP contribution in [0.4, 0.5) is 20.7 Å². The number of ether oxygens (including phenoxy) is 2. The van der Waals surface area contributed by atoms with Gasteiger partial charge in [0.2, 0.25) is 5.43 Å². The second-order valence-electron chi connectivity index (χ2n) is 9.71. The van der Waals surface area contributed by atoms with Crippen LogP contribution in [0.15, 0.2) is 84.3 Å². The lowest BCUT2D eigenvalue weighted by Gasteiger charge is -2.36. The fourth-order valence-electron chi connectivity index (χ4n) is 5.00. The van der Waals surface area contributed by atoms with Crippen molar-refractivity contribution >= 4 is 28.7 Å². The van der Waals surface area contributed by atoms with E-state index >= 15 is 4.39 Å². The monoisotopic (exact) mass is 569 g/mol. The Balaban J connectivity index is 1.38. The van der Waals surface area contributed by atoms with Crippen LogP contribution in [-0.2, 0) is 11.3 Å². The van der Waals surface area contributed by atoms with Gasteiger partial charge in [-0.3, -0.25) is 9.36 Å². The van der Waals surface area contributed by atoms with Crippen molar-refractivity contribution in [3.8, 4) is 11.4 Å². The van der Waals surface area contributed by atoms with Crippen molar-refractivity contribution in [3.05, 3.63) is 101 Å². The Morgan fingerprint density at radius 3 is 2.40 bits per heavy atom. The van der Waals surface area contributed by atoms with Gasteiger partial charge in [0.05, 0.1) is 24.7 Å². The summed E-state index contributed by atoms with van der Waals surface area (Å²) in [5.74, 6) is -0.765. The molecule has 42 heavy (non-hydrogen) atoms. The zero-order valence-electron chi connectivity index (χ0n) is 22.9. The Morgan fingerprint density at radius 2 is 1.71 bits per heavy atom. The molecule has 6 rings (SSSR count). The molecular weight excluding hydrogens is 541 g/mol. The largest absolute Gasteiger partial charge is 0.514 e. The molecule has 1 aliphatic rings. The maximum atomic E-state index is 15.6. The highest BCUT2D eigenvalue weighted by molar-refractivity contribution is 5.81. The summed E-state index contributed by atoms with van der Waals surface area (Å²) in [5.41, 5.74) is 2.29. The molecule has 214 valence electrons. The van der Waals surface area contributed by atoms with Crippen molar-refractivity contribution in [2.45, 2.75) is 13.5 Å². The minimum absolute atomic E-state index is 0.0207. The summed E-state index contributed by atoms with van der Waals surface area (Å²) in [6.07, 6.45) is 3.46. The third-order valence-electron chi connectivity index (χ3n) is 7.06. The number of hydrogen-bond acceptors (Lipinski definition) is 9. The van der Waals surface area contributed by atoms with E-state index in [0.717, 1.165) is 17.3 Å². The second-order valence-corrected chi connectivity index (χ2v) is 9.71. The van der Waals surface area contributed by atoms with Crippen molar-refractivity contribution in [1.82, 2.24) is 24.3 Å². The number of nitrogens with zero attached hydrogens (tertiary/aromatic N) is 7. The predicted molar refractivity (Wildman–Crippen MR) is 155 cm³/mol. The van der Waals surface area contributed by atoms with Gasteiger partial charge in [0, 0.05) is 37.6 Å². The van der Waals surface area contributed by atoms with Crippen LogP contribution >= 0.6 is 0 Å². The number of carbonyl (C=O) groups excluding carboxylic acids is 1. The Hall–Kier alpha value is -5.26. The van der Waals surface area contributed by atoms with Gasteiger partial charge < -0.3 is 19.3 Å². The number of pyridine rings is 2. The zero-order chi connectivity index (χ0) is 29.1. The van der Waals surface area contributed by atoms with Gasteiger partial charge >= 0.3 is 6.16 Å². The van der Waals surface area contributed by atoms with E-state index in [0.29, 0.717) is 38.4 Å². The molecule has 0 aliphatic carbocycles. The van der Waals surface area contributed by atoms with Gasteiger partial charge in [0.1, 0.15) is 12.7 Å². The fourth-order valence-corrected chi connectivity index (χ4v) is 5.00. The van der Waals surface area contributed by atoms with Crippen molar-refractivity contribution in [2.75, 3.05) is 42.6 Å². The quantitative estimate of drug-likeness (QED) is 0.269. The number of carbonyl (C=O) groups is 1. The third-order valence-corrected chi connectivity index (χ3v) is 7.06. The average Bonchev–Trinajstić information content (AvgIpc) is 3.53. The van der Waals surface area contributed by atoms with E-state index in [1.807, 2.05) is 47.4 Å². The van der Waals surface area contributed by atoms with Crippen LogP contribution in [-0.4, -0.2) is 63.3 Å². The Kier molecular flexibility index (Phi) is 7.50. The molecule has 0 saturated carbocycles. The normalized spacial score (nSPS) is 13.4. The molecule has 3 aromatic heterocycles. The number of fused-ring (bicyclic) bond motifs is 1. The zero-order valence-corrected chi connectivity index (χ0v) is 22.9. The smallest absolute Gasteiger partial charge is 0.434 e. The van der Waals surface area contributed by atoms with Crippen LogP contribution in [0, 0.1) is 5.82 Å². The molecule has 0 unspecified atom stereocenters. The lowest BCUT2D eigenvalue weighted by Crippen LogP contribution is -2.47. The number of hydrogen-bond donors (Lipinski definition) is 0. The summed E-state index contributed by atoms with van der Waals surface area (Å²) in [7, 11) is 0. The maximum Gasteiger partial charge on any atom is 0.514 e. The summed E-state index contributed by atoms with van der Waals surface area (Å²) >= 11 is 0. The van der Waals surface area contributed by atoms with Crippen LogP contribution in [0.3, 0.4) is 0 Å². The SMILES string of the molecule is CCOC(=O)Oc1cn(-c2ccc(Cn3cncn3)cc2)c2nc(N3CCN(c4ccccc4)CC3)c(F)cc2c1=O. The fraction of sp³-hybridized carbons (Fsp3) is 0.233. The molecular formula is C30H28FN7O4. The summed E-state index contributed by atoms with van der Waals surface area (Å²) in [4.78, 5) is 38.2. The predicted octanol–water partition coefficient (Wildman–Crippen LogP) is 4.03. The molecule has 1 aliphatic heterocycles. The Bertz CT molecular complexity index is 1750. The maximum absolute atomic E-state index is 15.6. The van der Waals surface area contributed by atoms with E-state index in [-0.39, 0.29) is 29.2 Å². The van der Waals surface area contributed by atoms with Gasteiger partial charge in [-0.05, 0) is 42.8 Å². The van der Waals surface area contributed by atoms with Crippen LogP contribution in [0.1, 0.15) is 12.5 Å². The van der Waals surface area contributed by atoms with E-state index in [9.17, 15) is 9.59 Å². The number of para-hydroxylation sites is 1. The van der Waals surface area contributed by atoms with Gasteiger partial charge in [0.15, 0.2) is 23.0 Å². The Morgan fingerprint density at radius 1 is 0.976 bits per heavy atom. The molecule has 1 saturated heterocycles. The molecule has 4 heterocycles. The minimum atomic E-state index is -1.02. The van der Waals surface area contributed by atoms with Gasteiger partial charge in [-0.15, -0.1) is 0 Å². The minimum Gasteiger partial charge on any atom is -0.434 e. The van der Waals surface area contributed by atoms with E-state index in [2.05, 4.69) is 32.1 Å². The lowest BCUT2D eigenvalue weighted by atomic mass is 10.2. The molecule has 0 amide bonds. The highest BCUT2D eigenvalue weighted by Gasteiger charge is 2.24. The van der Waals surface area contributed by atoms with Crippen LogP contribution in [0.25, 0.3) is 16.7 Å². The second kappa shape index (κ2) is 11.7. The molecule has 0 spiro atoms. The van der Waals surface area contributed by atoms with E-state index in [4.69, 9.17) is 9.47 Å². The number of piperazine rings is 1. The molecule has 1 fully saturated rings. The number of aromatic nitrogens is 5. The summed E-state index contributed by atoms with van der Waals surface area (Å²) in [6.45, 7) is 4.70. The standard InChI is InChI=1S/C30H28FN7O4/c1-2-41-30(40)42-26-18-38(23-10-8-21(9-11-23)17-37-20-32-19-33-37)28-24(27(26)39)16-25(31)29(34-28)36-14-12-35(13-15-36)22-6-4-3-5-7-22/h3-11,16,18-20H,2,12-15,17H2,1H3. The number of benzene rings is 2. The van der Waals surface area contributed by atoms with Crippen molar-refractivity contribution in [3.63, 3.8) is 0 Å². The van der Waals surface area contributed by atoms with Crippen molar-refractivity contribution in [2.24, 2.45) is 0 Å². The first kappa shape index (κ1) is 26.9. The molecule has 0 N–H and O–H groups in total. The molecule has 0 bridgehead atoms. The van der Waals surface area contributed by atoms with Gasteiger partial charge in [-0.2, -0.15) is 5.10 Å². The van der Waals surface area contributed by atoms with Gasteiger partial charge in [0.25, 0.3) is 0 Å². The summed E-state index contributed by atoms with van der Waals surface area (Å²) in [5, 5.41) is 4.11. The van der Waals surface area contributed by atoms with Gasteiger partial charge in [-0.25, -0.2) is 23.8 Å². The number of anilines is 2. The molecule has 0 atom stereocenters. The third kappa shape index (κ3) is 5.51. The molecule has 0 radical (unpaired) electrons. The van der Waals surface area contributed by atoms with Gasteiger partial charge in [-0.1, -0.05) is 30.3 Å².